The maximum Gasteiger partial charge on any atom is 0.347 e. The summed E-state index contributed by atoms with van der Waals surface area (Å²) in [6, 6.07) is 2.67. The number of carbonyl (C=O) groups excluding carboxylic acids is 2. The topological polar surface area (TPSA) is 137 Å². The summed E-state index contributed by atoms with van der Waals surface area (Å²) in [7, 11) is 0. The molecular weight excluding hydrogens is 216 g/mol. The minimum atomic E-state index is -0.795. The molecule has 0 unspecified atom stereocenters. The van der Waals surface area contributed by atoms with E-state index in [4.69, 9.17) is 16.1 Å². The van der Waals surface area contributed by atoms with Crippen molar-refractivity contribution in [1.82, 2.24) is 16.3 Å². The van der Waals surface area contributed by atoms with Crippen LogP contribution in [-0.2, 0) is 0 Å². The first-order chi connectivity index (χ1) is 7.54. The Morgan fingerprint density at radius 3 is 2.38 bits per heavy atom. The number of rotatable bonds is 1. The zero-order chi connectivity index (χ0) is 12.1. The number of amides is 3. The quantitative estimate of drug-likeness (QED) is 0.156. The van der Waals surface area contributed by atoms with Crippen LogP contribution in [0.15, 0.2) is 18.2 Å². The molecule has 16 heavy (non-hydrogen) atoms. The molecule has 0 heterocycles. The summed E-state index contributed by atoms with van der Waals surface area (Å²) in [5.41, 5.74) is 5.77. The van der Waals surface area contributed by atoms with Crippen LogP contribution in [0.2, 0.25) is 0 Å². The van der Waals surface area contributed by atoms with Crippen molar-refractivity contribution >= 4 is 11.9 Å². The second-order valence-corrected chi connectivity index (χ2v) is 2.76. The van der Waals surface area contributed by atoms with Crippen molar-refractivity contribution in [2.45, 2.75) is 0 Å². The van der Waals surface area contributed by atoms with Gasteiger partial charge in [-0.05, 0) is 18.2 Å². The molecule has 0 saturated carbocycles. The lowest BCUT2D eigenvalue weighted by Crippen LogP contribution is -2.49. The van der Waals surface area contributed by atoms with E-state index in [9.17, 15) is 9.59 Å². The molecule has 3 amide bonds. The number of carbonyl (C=O) groups is 2. The van der Waals surface area contributed by atoms with Crippen LogP contribution in [0.3, 0.4) is 0 Å². The lowest BCUT2D eigenvalue weighted by atomic mass is 10.2. The van der Waals surface area contributed by atoms with Crippen molar-refractivity contribution in [2.75, 3.05) is 0 Å². The summed E-state index contributed by atoms with van der Waals surface area (Å²) < 4.78 is 0. The molecule has 0 atom stereocenters. The number of phenolic OH excluding ortho intramolecular Hbond substituents is 2. The van der Waals surface area contributed by atoms with Gasteiger partial charge in [0.05, 0.1) is 0 Å². The van der Waals surface area contributed by atoms with E-state index in [0.717, 1.165) is 12.1 Å². The summed E-state index contributed by atoms with van der Waals surface area (Å²) in [6.45, 7) is 0. The molecule has 0 spiro atoms. The van der Waals surface area contributed by atoms with Gasteiger partial charge in [0.1, 0.15) is 0 Å². The summed E-state index contributed by atoms with van der Waals surface area (Å²) in [4.78, 5) is 22.0. The molecule has 0 bridgehead atoms. The van der Waals surface area contributed by atoms with Crippen LogP contribution in [0.4, 0.5) is 4.79 Å². The first kappa shape index (κ1) is 11.6. The number of hydrogen-bond donors (Lipinski definition) is 6. The molecule has 0 aromatic heterocycles. The molecule has 0 aliphatic carbocycles. The lowest BCUT2D eigenvalue weighted by molar-refractivity contribution is 0.0936. The highest BCUT2D eigenvalue weighted by atomic mass is 16.3. The minimum Gasteiger partial charge on any atom is -0.504 e. The third kappa shape index (κ3) is 2.75. The Morgan fingerprint density at radius 2 is 1.81 bits per heavy atom. The van der Waals surface area contributed by atoms with E-state index in [2.05, 4.69) is 0 Å². The first-order valence-electron chi connectivity index (χ1n) is 4.13. The van der Waals surface area contributed by atoms with Gasteiger partial charge in [0, 0.05) is 5.56 Å². The Labute approximate surface area is 90.0 Å². The van der Waals surface area contributed by atoms with Gasteiger partial charge in [-0.1, -0.05) is 0 Å². The van der Waals surface area contributed by atoms with Crippen molar-refractivity contribution < 1.29 is 19.8 Å². The number of benzene rings is 1. The Hall–Kier alpha value is -2.48. The number of nitrogens with two attached hydrogens (primary N) is 1. The third-order valence-corrected chi connectivity index (χ3v) is 1.66. The zero-order valence-corrected chi connectivity index (χ0v) is 8.02. The fourth-order valence-electron chi connectivity index (χ4n) is 0.886. The smallest absolute Gasteiger partial charge is 0.347 e. The molecule has 0 fully saturated rings. The van der Waals surface area contributed by atoms with Crippen molar-refractivity contribution in [3.63, 3.8) is 0 Å². The van der Waals surface area contributed by atoms with E-state index in [1.165, 1.54) is 6.07 Å². The van der Waals surface area contributed by atoms with Crippen LogP contribution in [0.1, 0.15) is 10.4 Å². The number of urea groups is 1. The van der Waals surface area contributed by atoms with Crippen LogP contribution in [0.5, 0.6) is 11.5 Å². The summed E-state index contributed by atoms with van der Waals surface area (Å²) in [6.07, 6.45) is 0. The molecule has 8 heteroatoms. The van der Waals surface area contributed by atoms with E-state index in [1.807, 2.05) is 10.9 Å². The van der Waals surface area contributed by atoms with Gasteiger partial charge in [-0.2, -0.15) is 0 Å². The molecule has 0 aliphatic rings. The minimum absolute atomic E-state index is 0.0626. The van der Waals surface area contributed by atoms with E-state index in [-0.39, 0.29) is 11.3 Å². The normalized spacial score (nSPS) is 9.31. The molecular formula is C8H10N4O4. The molecule has 0 radical (unpaired) electrons. The zero-order valence-electron chi connectivity index (χ0n) is 8.02. The second-order valence-electron chi connectivity index (χ2n) is 2.76. The van der Waals surface area contributed by atoms with Gasteiger partial charge in [0.2, 0.25) is 0 Å². The van der Waals surface area contributed by atoms with E-state index >= 15 is 0 Å². The van der Waals surface area contributed by atoms with Crippen LogP contribution < -0.4 is 22.1 Å². The summed E-state index contributed by atoms with van der Waals surface area (Å²) in [5.74, 6) is 3.31. The van der Waals surface area contributed by atoms with Crippen molar-refractivity contribution in [3.8, 4) is 11.5 Å². The summed E-state index contributed by atoms with van der Waals surface area (Å²) >= 11 is 0. The van der Waals surface area contributed by atoms with Crippen molar-refractivity contribution in [3.05, 3.63) is 23.8 Å². The van der Waals surface area contributed by atoms with E-state index in [0.29, 0.717) is 0 Å². The van der Waals surface area contributed by atoms with Crippen molar-refractivity contribution in [1.29, 1.82) is 0 Å². The number of aromatic hydroxyl groups is 2. The SMILES string of the molecule is NNC(=O)NNC(=O)c1ccc(O)c(O)c1. The average molecular weight is 226 g/mol. The maximum atomic E-state index is 11.3. The molecule has 7 N–H and O–H groups in total. The second kappa shape index (κ2) is 4.84. The number of hydrogen-bond acceptors (Lipinski definition) is 5. The van der Waals surface area contributed by atoms with Gasteiger partial charge in [-0.15, -0.1) is 0 Å². The maximum absolute atomic E-state index is 11.3. The molecule has 8 nitrogen and oxygen atoms in total. The number of nitrogens with one attached hydrogen (secondary N) is 3. The molecule has 86 valence electrons. The Bertz CT molecular complexity index is 420. The number of hydrazine groups is 2. The standard InChI is InChI=1S/C8H10N4O4/c9-10-8(16)12-11-7(15)4-1-2-5(13)6(14)3-4/h1-3,13-14H,9H2,(H,11,15)(H2,10,12,16). The molecule has 0 saturated heterocycles. The van der Waals surface area contributed by atoms with E-state index in [1.54, 1.807) is 5.43 Å². The Balaban J connectivity index is 2.66. The van der Waals surface area contributed by atoms with Gasteiger partial charge < -0.3 is 10.2 Å². The highest BCUT2D eigenvalue weighted by Gasteiger charge is 2.09. The van der Waals surface area contributed by atoms with Crippen LogP contribution in [0.25, 0.3) is 0 Å². The predicted octanol–water partition coefficient (Wildman–Crippen LogP) is -1.08. The summed E-state index contributed by atoms with van der Waals surface area (Å²) in [5, 5.41) is 18.1. The third-order valence-electron chi connectivity index (χ3n) is 1.66. The van der Waals surface area contributed by atoms with Crippen LogP contribution in [-0.4, -0.2) is 22.2 Å². The molecule has 1 aromatic carbocycles. The van der Waals surface area contributed by atoms with Crippen LogP contribution >= 0.6 is 0 Å². The fourth-order valence-corrected chi connectivity index (χ4v) is 0.886. The van der Waals surface area contributed by atoms with Gasteiger partial charge in [-0.25, -0.2) is 16.1 Å². The predicted molar refractivity (Wildman–Crippen MR) is 53.1 cm³/mol. The van der Waals surface area contributed by atoms with Gasteiger partial charge in [-0.3, -0.25) is 15.6 Å². The highest BCUT2D eigenvalue weighted by molar-refractivity contribution is 5.95. The molecule has 1 aromatic rings. The Kier molecular flexibility index (Phi) is 3.51. The van der Waals surface area contributed by atoms with Crippen LogP contribution in [0, 0.1) is 0 Å². The highest BCUT2D eigenvalue weighted by Crippen LogP contribution is 2.24. The molecule has 1 rings (SSSR count). The fraction of sp³-hybridized carbons (Fsp3) is 0. The molecule has 0 aliphatic heterocycles. The van der Waals surface area contributed by atoms with Gasteiger partial charge in [0.15, 0.2) is 11.5 Å². The average Bonchev–Trinajstić information content (AvgIpc) is 2.29. The largest absolute Gasteiger partial charge is 0.504 e. The number of phenols is 2. The lowest BCUT2D eigenvalue weighted by Gasteiger charge is -2.06. The monoisotopic (exact) mass is 226 g/mol. The van der Waals surface area contributed by atoms with Gasteiger partial charge >= 0.3 is 6.03 Å². The first-order valence-corrected chi connectivity index (χ1v) is 4.13. The Morgan fingerprint density at radius 1 is 1.12 bits per heavy atom. The van der Waals surface area contributed by atoms with Crippen molar-refractivity contribution in [2.24, 2.45) is 5.84 Å². The van der Waals surface area contributed by atoms with Gasteiger partial charge in [0.25, 0.3) is 5.91 Å². The van der Waals surface area contributed by atoms with E-state index < -0.39 is 17.7 Å².